The van der Waals surface area contributed by atoms with Crippen molar-refractivity contribution < 1.29 is 9.53 Å². The number of piperidine rings is 1. The second-order valence-corrected chi connectivity index (χ2v) is 7.90. The van der Waals surface area contributed by atoms with Crippen LogP contribution in [0, 0.1) is 5.92 Å². The van der Waals surface area contributed by atoms with Gasteiger partial charge in [0.15, 0.2) is 0 Å². The van der Waals surface area contributed by atoms with E-state index in [1.807, 2.05) is 34.5 Å². The molecule has 8 heteroatoms. The summed E-state index contributed by atoms with van der Waals surface area (Å²) in [4.78, 5) is 19.4. The topological polar surface area (TPSA) is 83.1 Å². The molecule has 28 heavy (non-hydrogen) atoms. The molecule has 0 radical (unpaired) electrons. The Morgan fingerprint density at radius 3 is 3.04 bits per heavy atom. The van der Waals surface area contributed by atoms with Crippen LogP contribution in [0.2, 0.25) is 0 Å². The van der Waals surface area contributed by atoms with Gasteiger partial charge in [-0.05, 0) is 24.8 Å². The summed E-state index contributed by atoms with van der Waals surface area (Å²) in [5, 5.41) is 12.7. The maximum Gasteiger partial charge on any atom is 0.322 e. The molecule has 2 aromatic heterocycles. The number of methoxy groups -OCH3 is 1. The zero-order valence-electron chi connectivity index (χ0n) is 15.9. The second-order valence-electron chi connectivity index (χ2n) is 7.01. The van der Waals surface area contributed by atoms with Crippen LogP contribution in [-0.4, -0.2) is 39.8 Å². The summed E-state index contributed by atoms with van der Waals surface area (Å²) >= 11 is 1.50. The molecule has 4 rings (SSSR count). The van der Waals surface area contributed by atoms with Crippen LogP contribution < -0.4 is 10.1 Å². The number of nitrogens with one attached hydrogen (secondary N) is 2. The Balaban J connectivity index is 1.60. The van der Waals surface area contributed by atoms with Crippen molar-refractivity contribution in [2.75, 3.05) is 19.0 Å². The van der Waals surface area contributed by atoms with Crippen molar-refractivity contribution in [3.63, 3.8) is 0 Å². The van der Waals surface area contributed by atoms with E-state index in [2.05, 4.69) is 27.4 Å². The number of aromatic nitrogens is 3. The summed E-state index contributed by atoms with van der Waals surface area (Å²) in [7, 11) is 1.67. The van der Waals surface area contributed by atoms with Gasteiger partial charge in [0, 0.05) is 23.7 Å². The van der Waals surface area contributed by atoms with Crippen LogP contribution in [0.3, 0.4) is 0 Å². The Bertz CT molecular complexity index is 940. The number of aromatic amines is 1. The number of hydrogen-bond acceptors (Lipinski definition) is 5. The first kappa shape index (κ1) is 18.5. The molecule has 0 aliphatic carbocycles. The SMILES string of the molecule is COc1ccccc1[C@H]1C[C@@H](C)CCN1C(=O)Nc1cn[nH]c1-c1nccs1. The molecule has 2 N–H and O–H groups in total. The minimum Gasteiger partial charge on any atom is -0.496 e. The first-order chi connectivity index (χ1) is 13.7. The Morgan fingerprint density at radius 1 is 1.39 bits per heavy atom. The average molecular weight is 398 g/mol. The minimum absolute atomic E-state index is 0.0323. The molecular weight excluding hydrogens is 374 g/mol. The lowest BCUT2D eigenvalue weighted by Crippen LogP contribution is -2.43. The third-order valence-corrected chi connectivity index (χ3v) is 5.94. The van der Waals surface area contributed by atoms with E-state index in [9.17, 15) is 4.79 Å². The predicted molar refractivity (Wildman–Crippen MR) is 110 cm³/mol. The molecule has 1 fully saturated rings. The van der Waals surface area contributed by atoms with Crippen molar-refractivity contribution in [2.24, 2.45) is 5.92 Å². The highest BCUT2D eigenvalue weighted by Gasteiger charge is 2.33. The fourth-order valence-electron chi connectivity index (χ4n) is 3.70. The van der Waals surface area contributed by atoms with E-state index < -0.39 is 0 Å². The highest BCUT2D eigenvalue weighted by atomic mass is 32.1. The van der Waals surface area contributed by atoms with Crippen molar-refractivity contribution in [2.45, 2.75) is 25.8 Å². The lowest BCUT2D eigenvalue weighted by atomic mass is 9.88. The molecule has 1 saturated heterocycles. The van der Waals surface area contributed by atoms with E-state index >= 15 is 0 Å². The fourth-order valence-corrected chi connectivity index (χ4v) is 4.34. The summed E-state index contributed by atoms with van der Waals surface area (Å²) < 4.78 is 5.56. The largest absolute Gasteiger partial charge is 0.496 e. The monoisotopic (exact) mass is 397 g/mol. The molecule has 3 aromatic rings. The Labute approximate surface area is 167 Å². The van der Waals surface area contributed by atoms with Crippen LogP contribution in [0.25, 0.3) is 10.7 Å². The predicted octanol–water partition coefficient (Wildman–Crippen LogP) is 4.55. The van der Waals surface area contributed by atoms with E-state index in [4.69, 9.17) is 4.74 Å². The number of amides is 2. The highest BCUT2D eigenvalue weighted by Crippen LogP contribution is 2.38. The van der Waals surface area contributed by atoms with E-state index in [0.717, 1.165) is 34.9 Å². The molecule has 3 heterocycles. The molecule has 0 bridgehead atoms. The molecule has 0 spiro atoms. The maximum atomic E-state index is 13.2. The molecule has 2 atom stereocenters. The van der Waals surface area contributed by atoms with Gasteiger partial charge in [-0.15, -0.1) is 11.3 Å². The zero-order chi connectivity index (χ0) is 19.5. The maximum absolute atomic E-state index is 13.2. The standard InChI is InChI=1S/C20H23N5O2S/c1-13-7-9-25(16(11-13)14-5-3-4-6-17(14)27-2)20(26)23-15-12-22-24-18(15)19-21-8-10-28-19/h3-6,8,10,12-13,16H,7,9,11H2,1-2H3,(H,22,24)(H,23,26)/t13-,16+/m0/s1. The van der Waals surface area contributed by atoms with Crippen LogP contribution in [0.15, 0.2) is 42.0 Å². The number of anilines is 1. The van der Waals surface area contributed by atoms with Gasteiger partial charge in [0.1, 0.15) is 16.5 Å². The van der Waals surface area contributed by atoms with Crippen LogP contribution in [0.1, 0.15) is 31.4 Å². The smallest absolute Gasteiger partial charge is 0.322 e. The number of likely N-dealkylation sites (tertiary alicyclic amines) is 1. The molecule has 1 aliphatic rings. The van der Waals surface area contributed by atoms with Crippen LogP contribution in [-0.2, 0) is 0 Å². The Morgan fingerprint density at radius 2 is 2.25 bits per heavy atom. The van der Waals surface area contributed by atoms with Crippen molar-refractivity contribution in [3.8, 4) is 16.5 Å². The van der Waals surface area contributed by atoms with Gasteiger partial charge in [-0.3, -0.25) is 5.10 Å². The number of nitrogens with zero attached hydrogens (tertiary/aromatic N) is 3. The normalized spacial score (nSPS) is 19.4. The quantitative estimate of drug-likeness (QED) is 0.677. The van der Waals surface area contributed by atoms with E-state index in [0.29, 0.717) is 18.2 Å². The zero-order valence-corrected chi connectivity index (χ0v) is 16.7. The molecule has 1 aliphatic heterocycles. The average Bonchev–Trinajstić information content (AvgIpc) is 3.39. The molecule has 146 valence electrons. The van der Waals surface area contributed by atoms with E-state index in [1.54, 1.807) is 19.5 Å². The van der Waals surface area contributed by atoms with Gasteiger partial charge in [0.05, 0.1) is 25.0 Å². The van der Waals surface area contributed by atoms with Gasteiger partial charge in [-0.2, -0.15) is 5.10 Å². The number of benzene rings is 1. The fraction of sp³-hybridized carbons (Fsp3) is 0.350. The number of H-pyrrole nitrogens is 1. The van der Waals surface area contributed by atoms with Crippen LogP contribution in [0.4, 0.5) is 10.5 Å². The number of para-hydroxylation sites is 1. The van der Waals surface area contributed by atoms with E-state index in [1.165, 1.54) is 11.3 Å². The first-order valence-corrected chi connectivity index (χ1v) is 10.2. The number of ether oxygens (including phenoxy) is 1. The van der Waals surface area contributed by atoms with Crippen molar-refractivity contribution >= 4 is 23.1 Å². The number of hydrogen-bond donors (Lipinski definition) is 2. The summed E-state index contributed by atoms with van der Waals surface area (Å²) in [5.74, 6) is 1.35. The van der Waals surface area contributed by atoms with Gasteiger partial charge >= 0.3 is 6.03 Å². The summed E-state index contributed by atoms with van der Waals surface area (Å²) in [6.45, 7) is 2.93. The molecule has 1 aromatic carbocycles. The Kier molecular flexibility index (Phi) is 5.29. The summed E-state index contributed by atoms with van der Waals surface area (Å²) in [6.07, 6.45) is 5.23. The lowest BCUT2D eigenvalue weighted by molar-refractivity contribution is 0.140. The number of urea groups is 1. The number of carbonyl (C=O) groups is 1. The van der Waals surface area contributed by atoms with E-state index in [-0.39, 0.29) is 12.1 Å². The highest BCUT2D eigenvalue weighted by molar-refractivity contribution is 7.13. The van der Waals surface area contributed by atoms with Gasteiger partial charge < -0.3 is 15.0 Å². The Hall–Kier alpha value is -2.87. The van der Waals surface area contributed by atoms with Gasteiger partial charge in [0.25, 0.3) is 0 Å². The molecular formula is C20H23N5O2S. The first-order valence-electron chi connectivity index (χ1n) is 9.31. The number of thiazole rings is 1. The molecule has 0 unspecified atom stereocenters. The molecule has 0 saturated carbocycles. The third kappa shape index (κ3) is 3.60. The van der Waals surface area contributed by atoms with Gasteiger partial charge in [0.2, 0.25) is 0 Å². The number of rotatable bonds is 4. The second kappa shape index (κ2) is 8.02. The van der Waals surface area contributed by atoms with Gasteiger partial charge in [-0.1, -0.05) is 25.1 Å². The summed E-state index contributed by atoms with van der Waals surface area (Å²) in [6, 6.07) is 7.76. The summed E-state index contributed by atoms with van der Waals surface area (Å²) in [5.41, 5.74) is 2.40. The van der Waals surface area contributed by atoms with Crippen LogP contribution in [0.5, 0.6) is 5.75 Å². The third-order valence-electron chi connectivity index (χ3n) is 5.15. The van der Waals surface area contributed by atoms with Gasteiger partial charge in [-0.25, -0.2) is 9.78 Å². The number of carbonyl (C=O) groups excluding carboxylic acids is 1. The molecule has 7 nitrogen and oxygen atoms in total. The molecule has 2 amide bonds. The van der Waals surface area contributed by atoms with Crippen LogP contribution >= 0.6 is 11.3 Å². The van der Waals surface area contributed by atoms with Crippen molar-refractivity contribution in [3.05, 3.63) is 47.6 Å². The minimum atomic E-state index is -0.137. The van der Waals surface area contributed by atoms with Crippen molar-refractivity contribution in [1.82, 2.24) is 20.1 Å². The van der Waals surface area contributed by atoms with Crippen molar-refractivity contribution in [1.29, 1.82) is 0 Å². The lowest BCUT2D eigenvalue weighted by Gasteiger charge is -2.39.